The van der Waals surface area contributed by atoms with Crippen LogP contribution in [0.2, 0.25) is 0 Å². The molecule has 0 fully saturated rings. The summed E-state index contributed by atoms with van der Waals surface area (Å²) in [5.74, 6) is 2.12. The lowest BCUT2D eigenvalue weighted by molar-refractivity contribution is 0.413. The zero-order chi connectivity index (χ0) is 13.2. The molecule has 2 nitrogen and oxygen atoms in total. The van der Waals surface area contributed by atoms with E-state index in [0.717, 1.165) is 12.3 Å². The molecule has 0 aromatic heterocycles. The maximum Gasteiger partial charge on any atom is 0.119 e. The lowest BCUT2D eigenvalue weighted by atomic mass is 10.1. The third-order valence-corrected chi connectivity index (χ3v) is 4.07. The molecule has 0 bridgehead atoms. The number of methoxy groups -OCH3 is 1. The van der Waals surface area contributed by atoms with Crippen LogP contribution < -0.4 is 10.1 Å². The molecule has 0 radical (unpaired) electrons. The van der Waals surface area contributed by atoms with Gasteiger partial charge in [0.25, 0.3) is 0 Å². The highest BCUT2D eigenvalue weighted by atomic mass is 32.2. The Hall–Kier alpha value is -0.670. The Bertz CT molecular complexity index is 330. The van der Waals surface area contributed by atoms with Crippen LogP contribution in [0.1, 0.15) is 33.1 Å². The number of ether oxygens (including phenoxy) is 1. The minimum atomic E-state index is 0.681. The van der Waals surface area contributed by atoms with Crippen LogP contribution in [-0.2, 0) is 0 Å². The number of thioether (sulfide) groups is 1. The smallest absolute Gasteiger partial charge is 0.119 e. The summed E-state index contributed by atoms with van der Waals surface area (Å²) < 4.78 is 5.23. The highest BCUT2D eigenvalue weighted by Gasteiger charge is 2.04. The van der Waals surface area contributed by atoms with Crippen LogP contribution in [0.25, 0.3) is 0 Å². The van der Waals surface area contributed by atoms with Gasteiger partial charge < -0.3 is 10.1 Å². The van der Waals surface area contributed by atoms with E-state index >= 15 is 0 Å². The standard InChI is InChI=1S/C15H25NOS/c1-4-13(16-5-2)8-7-11-18-15-10-6-9-14(12-15)17-3/h6,9-10,12-13,16H,4-5,7-8,11H2,1-3H3. The van der Waals surface area contributed by atoms with Gasteiger partial charge in [-0.2, -0.15) is 0 Å². The summed E-state index contributed by atoms with van der Waals surface area (Å²) >= 11 is 1.91. The Kier molecular flexibility index (Phi) is 7.94. The van der Waals surface area contributed by atoms with Gasteiger partial charge in [0.1, 0.15) is 5.75 Å². The van der Waals surface area contributed by atoms with Gasteiger partial charge in [0.05, 0.1) is 7.11 Å². The highest BCUT2D eigenvalue weighted by Crippen LogP contribution is 2.23. The van der Waals surface area contributed by atoms with E-state index in [1.807, 2.05) is 17.8 Å². The summed E-state index contributed by atoms with van der Waals surface area (Å²) in [6, 6.07) is 8.97. The van der Waals surface area contributed by atoms with Crippen LogP contribution >= 0.6 is 11.8 Å². The molecule has 0 aliphatic carbocycles. The highest BCUT2D eigenvalue weighted by molar-refractivity contribution is 7.99. The largest absolute Gasteiger partial charge is 0.497 e. The molecule has 1 aromatic carbocycles. The lowest BCUT2D eigenvalue weighted by Gasteiger charge is -2.15. The summed E-state index contributed by atoms with van der Waals surface area (Å²) in [6.45, 7) is 5.50. The Morgan fingerprint density at radius 1 is 1.33 bits per heavy atom. The van der Waals surface area contributed by atoms with Crippen molar-refractivity contribution in [2.45, 2.75) is 44.0 Å². The predicted molar refractivity (Wildman–Crippen MR) is 80.7 cm³/mol. The first-order chi connectivity index (χ1) is 8.80. The third-order valence-electron chi connectivity index (χ3n) is 2.99. The first-order valence-electron chi connectivity index (χ1n) is 6.80. The molecule has 0 amide bonds. The summed E-state index contributed by atoms with van der Waals surface area (Å²) in [5, 5.41) is 3.52. The summed E-state index contributed by atoms with van der Waals surface area (Å²) in [7, 11) is 1.71. The van der Waals surface area contributed by atoms with Crippen molar-refractivity contribution in [3.05, 3.63) is 24.3 Å². The third kappa shape index (κ3) is 5.78. The van der Waals surface area contributed by atoms with Gasteiger partial charge in [0.15, 0.2) is 0 Å². The van der Waals surface area contributed by atoms with Crippen molar-refractivity contribution in [2.75, 3.05) is 19.4 Å². The zero-order valence-corrected chi connectivity index (χ0v) is 12.6. The molecule has 1 atom stereocenters. The zero-order valence-electron chi connectivity index (χ0n) is 11.7. The Morgan fingerprint density at radius 3 is 2.83 bits per heavy atom. The van der Waals surface area contributed by atoms with E-state index in [0.29, 0.717) is 6.04 Å². The van der Waals surface area contributed by atoms with Crippen molar-refractivity contribution < 1.29 is 4.74 Å². The van der Waals surface area contributed by atoms with Crippen molar-refractivity contribution in [1.82, 2.24) is 5.32 Å². The van der Waals surface area contributed by atoms with Crippen molar-refractivity contribution in [2.24, 2.45) is 0 Å². The number of rotatable bonds is 9. The van der Waals surface area contributed by atoms with E-state index in [4.69, 9.17) is 4.74 Å². The number of benzene rings is 1. The monoisotopic (exact) mass is 267 g/mol. The molecule has 102 valence electrons. The fraction of sp³-hybridized carbons (Fsp3) is 0.600. The molecule has 0 heterocycles. The van der Waals surface area contributed by atoms with Crippen molar-refractivity contribution in [3.63, 3.8) is 0 Å². The molecule has 1 aromatic rings. The van der Waals surface area contributed by atoms with Gasteiger partial charge in [0.2, 0.25) is 0 Å². The molecule has 0 saturated carbocycles. The van der Waals surface area contributed by atoms with E-state index in [2.05, 4.69) is 37.4 Å². The quantitative estimate of drug-likeness (QED) is 0.540. The number of hydrogen-bond donors (Lipinski definition) is 1. The maximum atomic E-state index is 5.23. The fourth-order valence-electron chi connectivity index (χ4n) is 1.95. The second-order valence-corrected chi connectivity index (χ2v) is 5.50. The molecule has 1 N–H and O–H groups in total. The van der Waals surface area contributed by atoms with Gasteiger partial charge in [-0.25, -0.2) is 0 Å². The van der Waals surface area contributed by atoms with Crippen LogP contribution in [0.15, 0.2) is 29.2 Å². The summed E-state index contributed by atoms with van der Waals surface area (Å²) in [6.07, 6.45) is 3.74. The van der Waals surface area contributed by atoms with Crippen LogP contribution in [0.4, 0.5) is 0 Å². The second-order valence-electron chi connectivity index (χ2n) is 4.33. The first-order valence-corrected chi connectivity index (χ1v) is 7.79. The first kappa shape index (κ1) is 15.4. The van der Waals surface area contributed by atoms with Gasteiger partial charge in [-0.1, -0.05) is 19.9 Å². The second kappa shape index (κ2) is 9.29. The van der Waals surface area contributed by atoms with Crippen molar-refractivity contribution in [3.8, 4) is 5.75 Å². The van der Waals surface area contributed by atoms with E-state index < -0.39 is 0 Å². The molecule has 3 heteroatoms. The molecular formula is C15H25NOS. The Labute approximate surface area is 116 Å². The van der Waals surface area contributed by atoms with Gasteiger partial charge >= 0.3 is 0 Å². The lowest BCUT2D eigenvalue weighted by Crippen LogP contribution is -2.28. The van der Waals surface area contributed by atoms with Crippen LogP contribution in [0, 0.1) is 0 Å². The molecule has 0 saturated heterocycles. The minimum Gasteiger partial charge on any atom is -0.497 e. The minimum absolute atomic E-state index is 0.681. The molecule has 1 unspecified atom stereocenters. The van der Waals surface area contributed by atoms with Crippen molar-refractivity contribution in [1.29, 1.82) is 0 Å². The van der Waals surface area contributed by atoms with Gasteiger partial charge in [-0.05, 0) is 49.8 Å². The molecule has 1 rings (SSSR count). The van der Waals surface area contributed by atoms with Crippen LogP contribution in [0.3, 0.4) is 0 Å². The Morgan fingerprint density at radius 2 is 2.17 bits per heavy atom. The summed E-state index contributed by atoms with van der Waals surface area (Å²) in [4.78, 5) is 1.30. The fourth-order valence-corrected chi connectivity index (χ4v) is 2.87. The number of hydrogen-bond acceptors (Lipinski definition) is 3. The summed E-state index contributed by atoms with van der Waals surface area (Å²) in [5.41, 5.74) is 0. The van der Waals surface area contributed by atoms with Crippen LogP contribution in [0.5, 0.6) is 5.75 Å². The normalized spacial score (nSPS) is 12.4. The van der Waals surface area contributed by atoms with E-state index in [1.54, 1.807) is 7.11 Å². The topological polar surface area (TPSA) is 21.3 Å². The van der Waals surface area contributed by atoms with E-state index in [9.17, 15) is 0 Å². The van der Waals surface area contributed by atoms with E-state index in [-0.39, 0.29) is 0 Å². The average Bonchev–Trinajstić information content (AvgIpc) is 2.42. The maximum absolute atomic E-state index is 5.23. The van der Waals surface area contributed by atoms with Gasteiger partial charge in [0, 0.05) is 10.9 Å². The molecule has 0 aliphatic rings. The Balaban J connectivity index is 2.24. The van der Waals surface area contributed by atoms with Gasteiger partial charge in [-0.3, -0.25) is 0 Å². The molecule has 0 spiro atoms. The molecule has 18 heavy (non-hydrogen) atoms. The average molecular weight is 267 g/mol. The SMILES string of the molecule is CCNC(CC)CCCSc1cccc(OC)c1. The van der Waals surface area contributed by atoms with Crippen LogP contribution in [-0.4, -0.2) is 25.4 Å². The predicted octanol–water partition coefficient (Wildman–Crippen LogP) is 3.96. The molecule has 0 aliphatic heterocycles. The van der Waals surface area contributed by atoms with Gasteiger partial charge in [-0.15, -0.1) is 11.8 Å². The molecular weight excluding hydrogens is 242 g/mol. The van der Waals surface area contributed by atoms with E-state index in [1.165, 1.54) is 29.9 Å². The van der Waals surface area contributed by atoms with Crippen molar-refractivity contribution >= 4 is 11.8 Å². The number of nitrogens with one attached hydrogen (secondary N) is 1.